The van der Waals surface area contributed by atoms with Crippen LogP contribution in [0.3, 0.4) is 0 Å². The quantitative estimate of drug-likeness (QED) is 0.728. The van der Waals surface area contributed by atoms with E-state index in [1.807, 2.05) is 19.1 Å². The highest BCUT2D eigenvalue weighted by molar-refractivity contribution is 5.94. The summed E-state index contributed by atoms with van der Waals surface area (Å²) in [6.07, 6.45) is 4.51. The number of piperidine rings is 1. The molecule has 9 nitrogen and oxygen atoms in total. The first-order valence-corrected chi connectivity index (χ1v) is 9.76. The average Bonchev–Trinajstić information content (AvgIpc) is 3.43. The Morgan fingerprint density at radius 1 is 1.37 bits per heavy atom. The zero-order chi connectivity index (χ0) is 21.5. The Labute approximate surface area is 174 Å². The van der Waals surface area contributed by atoms with E-state index in [-0.39, 0.29) is 36.4 Å². The van der Waals surface area contributed by atoms with Gasteiger partial charge in [-0.25, -0.2) is 0 Å². The van der Waals surface area contributed by atoms with E-state index < -0.39 is 0 Å². The summed E-state index contributed by atoms with van der Waals surface area (Å²) in [5.41, 5.74) is 1.41. The van der Waals surface area contributed by atoms with Crippen LogP contribution >= 0.6 is 0 Å². The molecule has 0 unspecified atom stereocenters. The van der Waals surface area contributed by atoms with E-state index in [1.54, 1.807) is 29.5 Å². The summed E-state index contributed by atoms with van der Waals surface area (Å²) < 4.78 is 11.1. The Bertz CT molecular complexity index is 852. The van der Waals surface area contributed by atoms with Crippen molar-refractivity contribution in [3.8, 4) is 0 Å². The lowest BCUT2D eigenvalue weighted by atomic mass is 9.89. The number of carbonyl (C=O) groups excluding carboxylic acids is 2. The molecule has 2 aliphatic heterocycles. The van der Waals surface area contributed by atoms with Gasteiger partial charge in [-0.3, -0.25) is 19.4 Å². The highest BCUT2D eigenvalue weighted by atomic mass is 16.5. The molecule has 9 heteroatoms. The minimum Gasteiger partial charge on any atom is -0.483 e. The van der Waals surface area contributed by atoms with E-state index in [0.717, 1.165) is 12.1 Å². The Balaban J connectivity index is 0.000000806. The Hall–Kier alpha value is -3.20. The number of hydrogen-bond donors (Lipinski definition) is 2. The largest absolute Gasteiger partial charge is 0.483 e. The molecule has 2 aromatic rings. The highest BCUT2D eigenvalue weighted by Crippen LogP contribution is 2.32. The van der Waals surface area contributed by atoms with Crippen molar-refractivity contribution in [3.63, 3.8) is 0 Å². The Morgan fingerprint density at radius 2 is 2.17 bits per heavy atom. The summed E-state index contributed by atoms with van der Waals surface area (Å²) in [4.78, 5) is 40.1. The zero-order valence-electron chi connectivity index (χ0n) is 16.7. The maximum Gasteiger partial charge on any atom is 0.290 e. The molecule has 4 rings (SSSR count). The maximum absolute atomic E-state index is 13.1. The molecule has 2 saturated heterocycles. The molecular weight excluding hydrogens is 390 g/mol. The summed E-state index contributed by atoms with van der Waals surface area (Å²) in [5.74, 6) is 0.223. The molecule has 2 fully saturated rings. The van der Waals surface area contributed by atoms with Gasteiger partial charge < -0.3 is 24.5 Å². The van der Waals surface area contributed by atoms with Gasteiger partial charge in [-0.15, -0.1) is 0 Å². The third-order valence-electron chi connectivity index (χ3n) is 5.32. The summed E-state index contributed by atoms with van der Waals surface area (Å²) >= 11 is 0. The maximum atomic E-state index is 13.1. The lowest BCUT2D eigenvalue weighted by molar-refractivity contribution is -0.129. The smallest absolute Gasteiger partial charge is 0.290 e. The van der Waals surface area contributed by atoms with Crippen LogP contribution in [0.15, 0.2) is 41.1 Å². The normalized spacial score (nSPS) is 22.4. The van der Waals surface area contributed by atoms with Crippen LogP contribution in [0.5, 0.6) is 0 Å². The second-order valence-electron chi connectivity index (χ2n) is 7.25. The fraction of sp³-hybridized carbons (Fsp3) is 0.429. The predicted octanol–water partition coefficient (Wildman–Crippen LogP) is 1.62. The van der Waals surface area contributed by atoms with Gasteiger partial charge in [0.2, 0.25) is 5.91 Å². The lowest BCUT2D eigenvalue weighted by Crippen LogP contribution is -2.55. The van der Waals surface area contributed by atoms with Crippen molar-refractivity contribution >= 4 is 18.3 Å². The molecule has 160 valence electrons. The van der Waals surface area contributed by atoms with Crippen LogP contribution in [-0.2, 0) is 20.9 Å². The molecule has 4 heterocycles. The van der Waals surface area contributed by atoms with Gasteiger partial charge in [0.05, 0.1) is 36.4 Å². The molecular formula is C21H25N3O6. The minimum atomic E-state index is -0.304. The molecule has 2 aliphatic rings. The summed E-state index contributed by atoms with van der Waals surface area (Å²) in [6, 6.07) is 7.24. The number of amides is 2. The van der Waals surface area contributed by atoms with Crippen LogP contribution in [0.2, 0.25) is 0 Å². The first-order valence-electron chi connectivity index (χ1n) is 9.76. The third kappa shape index (κ3) is 5.04. The molecule has 30 heavy (non-hydrogen) atoms. The molecule has 0 saturated carbocycles. The standard InChI is InChI=1S/C20H23N3O4.CH2O2/c1-13-4-5-14(10-21-13)20(25)23-12-15(9-18-17(23)6-8-27-18)19(24)22-11-16-3-2-7-26-16;2-1-3/h2-5,7,10,15,17-18H,6,8-9,11-12H2,1H3,(H,22,24);1H,(H,2,3)/t15-,17+,18+;/m0./s1. The molecule has 2 amide bonds. The first-order chi connectivity index (χ1) is 14.5. The molecule has 0 aliphatic carbocycles. The minimum absolute atomic E-state index is 0.0212. The van der Waals surface area contributed by atoms with Crippen molar-refractivity contribution in [2.24, 2.45) is 5.92 Å². The monoisotopic (exact) mass is 415 g/mol. The van der Waals surface area contributed by atoms with Crippen LogP contribution < -0.4 is 5.32 Å². The number of carbonyl (C=O) groups is 3. The second-order valence-corrected chi connectivity index (χ2v) is 7.25. The van der Waals surface area contributed by atoms with Gasteiger partial charge in [-0.05, 0) is 44.0 Å². The molecule has 2 aromatic heterocycles. The highest BCUT2D eigenvalue weighted by Gasteiger charge is 2.44. The van der Waals surface area contributed by atoms with Crippen molar-refractivity contribution in [2.75, 3.05) is 13.2 Å². The van der Waals surface area contributed by atoms with Gasteiger partial charge in [-0.1, -0.05) is 0 Å². The van der Waals surface area contributed by atoms with Gasteiger partial charge in [0.15, 0.2) is 0 Å². The lowest BCUT2D eigenvalue weighted by Gasteiger charge is -2.40. The average molecular weight is 415 g/mol. The SMILES string of the molecule is Cc1ccc(C(=O)N2C[C@@H](C(=O)NCc3ccco3)C[C@H]3OCC[C@H]32)cn1.O=CO. The van der Waals surface area contributed by atoms with Crippen LogP contribution in [0.25, 0.3) is 0 Å². The van der Waals surface area contributed by atoms with Gasteiger partial charge in [0.25, 0.3) is 12.4 Å². The molecule has 0 bridgehead atoms. The number of nitrogens with one attached hydrogen (secondary N) is 1. The van der Waals surface area contributed by atoms with Crippen molar-refractivity contribution in [1.82, 2.24) is 15.2 Å². The van der Waals surface area contributed by atoms with Crippen LogP contribution in [0, 0.1) is 12.8 Å². The number of aryl methyl sites for hydroxylation is 1. The van der Waals surface area contributed by atoms with Crippen LogP contribution in [0.4, 0.5) is 0 Å². The van der Waals surface area contributed by atoms with Crippen LogP contribution in [-0.4, -0.2) is 58.6 Å². The Morgan fingerprint density at radius 3 is 2.83 bits per heavy atom. The van der Waals surface area contributed by atoms with Gasteiger partial charge in [-0.2, -0.15) is 0 Å². The predicted molar refractivity (Wildman–Crippen MR) is 106 cm³/mol. The summed E-state index contributed by atoms with van der Waals surface area (Å²) in [7, 11) is 0. The van der Waals surface area contributed by atoms with E-state index >= 15 is 0 Å². The van der Waals surface area contributed by atoms with Crippen molar-refractivity contribution < 1.29 is 28.6 Å². The van der Waals surface area contributed by atoms with Crippen LogP contribution in [0.1, 0.15) is 34.7 Å². The number of carboxylic acid groups (broad SMARTS) is 1. The van der Waals surface area contributed by atoms with Gasteiger partial charge in [0.1, 0.15) is 5.76 Å². The number of aromatic nitrogens is 1. The van der Waals surface area contributed by atoms with Gasteiger partial charge >= 0.3 is 0 Å². The Kier molecular flexibility index (Phi) is 7.18. The van der Waals surface area contributed by atoms with Crippen molar-refractivity contribution in [2.45, 2.75) is 38.5 Å². The molecule has 0 spiro atoms. The number of fused-ring (bicyclic) bond motifs is 1. The number of rotatable bonds is 4. The van der Waals surface area contributed by atoms with Gasteiger partial charge in [0, 0.05) is 25.0 Å². The summed E-state index contributed by atoms with van der Waals surface area (Å²) in [6.45, 7) is 2.98. The van der Waals surface area contributed by atoms with E-state index in [4.69, 9.17) is 19.1 Å². The fourth-order valence-electron chi connectivity index (χ4n) is 3.86. The first kappa shape index (κ1) is 21.5. The number of ether oxygens (including phenoxy) is 1. The number of pyridine rings is 1. The zero-order valence-corrected chi connectivity index (χ0v) is 16.7. The fourth-order valence-corrected chi connectivity index (χ4v) is 3.86. The van der Waals surface area contributed by atoms with E-state index in [1.165, 1.54) is 0 Å². The van der Waals surface area contributed by atoms with E-state index in [0.29, 0.717) is 37.4 Å². The topological polar surface area (TPSA) is 122 Å². The molecule has 2 N–H and O–H groups in total. The van der Waals surface area contributed by atoms with Crippen molar-refractivity contribution in [3.05, 3.63) is 53.7 Å². The van der Waals surface area contributed by atoms with E-state index in [9.17, 15) is 9.59 Å². The van der Waals surface area contributed by atoms with Crippen molar-refractivity contribution in [1.29, 1.82) is 0 Å². The molecule has 3 atom stereocenters. The number of nitrogens with zero attached hydrogens (tertiary/aromatic N) is 2. The number of likely N-dealkylation sites (tertiary alicyclic amines) is 1. The number of hydrogen-bond acceptors (Lipinski definition) is 6. The molecule has 0 aromatic carbocycles. The number of furan rings is 1. The molecule has 0 radical (unpaired) electrons. The third-order valence-corrected chi connectivity index (χ3v) is 5.32. The second kappa shape index (κ2) is 10.0. The van der Waals surface area contributed by atoms with E-state index in [2.05, 4.69) is 10.3 Å². The summed E-state index contributed by atoms with van der Waals surface area (Å²) in [5, 5.41) is 9.79.